The topological polar surface area (TPSA) is 519 Å². The number of carbonyl (C=O) groups is 12. The lowest BCUT2D eigenvalue weighted by atomic mass is 10.0. The third kappa shape index (κ3) is 27.1. The average Bonchev–Trinajstić information content (AvgIpc) is 1.63. The summed E-state index contributed by atoms with van der Waals surface area (Å²) in [5.41, 5.74) is 11.3. The zero-order valence-electron chi connectivity index (χ0n) is 54.4. The van der Waals surface area contributed by atoms with E-state index in [-0.39, 0.29) is 38.1 Å². The van der Waals surface area contributed by atoms with E-state index >= 15 is 0 Å². The summed E-state index contributed by atoms with van der Waals surface area (Å²) in [4.78, 5) is 162. The van der Waals surface area contributed by atoms with Gasteiger partial charge in [-0.25, -0.2) is 9.59 Å². The van der Waals surface area contributed by atoms with Gasteiger partial charge >= 0.3 is 11.9 Å². The highest BCUT2D eigenvalue weighted by Gasteiger charge is 2.47. The van der Waals surface area contributed by atoms with E-state index in [4.69, 9.17) is 16.2 Å². The van der Waals surface area contributed by atoms with E-state index in [0.717, 1.165) is 75.5 Å². The summed E-state index contributed by atoms with van der Waals surface area (Å²) in [5.74, 6) is -13.9. The highest BCUT2D eigenvalue weighted by molar-refractivity contribution is 5.99. The number of hydrogen-bond acceptors (Lipinski definition) is 21. The van der Waals surface area contributed by atoms with E-state index in [9.17, 15) is 98.4 Å². The van der Waals surface area contributed by atoms with Crippen molar-refractivity contribution in [2.45, 2.75) is 281 Å². The number of ether oxygens (including phenoxy) is 1. The fraction of sp³-hybridized carbons (Fsp3) is 0.800. The number of nitrogens with two attached hydrogens (primary N) is 2. The zero-order chi connectivity index (χ0) is 69.7. The standard InChI is InChI=1S/C60H105N11O21/c1-9-11-13-14-15-16-17-18-19-20-21-22-37(27-43(80)65-49(35(8)75)59(89)90)92-60(91)38(23-12-10-2)64-54(84)46(32(5)72)66-44(81)29-63-53(83)50(41(78)28-42(61)79)69-56(86)51-40(77)24-25-70(51)58(88)48(34(7)74)68-55(85)47(33(6)73)67-52(82)39-26-36(76)30-71(39)57(87)45(62)31(3)4/h31-41,45-51,72-78H,9-30,62H2,1-8H3,(H2,61,79)(H,63,83)(H,64,84)(H,65,80)(H,66,81)(H,67,82)(H,68,85)(H,69,86)(H,89,90)/t32?,33?,34?,35?,36?,37-,38?,39?,40?,41?,45?,46?,47?,48?,49?,50?,51?/m1/s1. The second-order valence-electron chi connectivity index (χ2n) is 24.6. The molecule has 92 heavy (non-hydrogen) atoms. The van der Waals surface area contributed by atoms with Crippen LogP contribution in [0.3, 0.4) is 0 Å². The summed E-state index contributed by atoms with van der Waals surface area (Å²) in [6, 6.07) is -15.2. The van der Waals surface area contributed by atoms with Crippen LogP contribution in [0.25, 0.3) is 0 Å². The van der Waals surface area contributed by atoms with Gasteiger partial charge in [0.2, 0.25) is 59.1 Å². The Morgan fingerprint density at radius 1 is 0.554 bits per heavy atom. The lowest BCUT2D eigenvalue weighted by Gasteiger charge is -2.33. The molecule has 2 aliphatic heterocycles. The molecule has 0 aliphatic carbocycles. The highest BCUT2D eigenvalue weighted by Crippen LogP contribution is 2.24. The molecular formula is C60H105N11O21. The molecule has 19 N–H and O–H groups in total. The van der Waals surface area contributed by atoms with E-state index < -0.39 is 200 Å². The lowest BCUT2D eigenvalue weighted by Crippen LogP contribution is -2.64. The number of carboxylic acids is 1. The van der Waals surface area contributed by atoms with Crippen molar-refractivity contribution in [2.75, 3.05) is 19.6 Å². The molecule has 0 aromatic heterocycles. The average molecular weight is 1320 g/mol. The number of carbonyl (C=O) groups excluding carboxylic acids is 11. The fourth-order valence-corrected chi connectivity index (χ4v) is 10.6. The molecule has 2 aliphatic rings. The van der Waals surface area contributed by atoms with Crippen molar-refractivity contribution in [3.63, 3.8) is 0 Å². The number of esters is 1. The summed E-state index contributed by atoms with van der Waals surface area (Å²) in [7, 11) is 0. The number of β-amino-alcohol motifs (C(OH)–C–C–N with tert-alkyl or cyclic N) is 1. The van der Waals surface area contributed by atoms with Crippen LogP contribution < -0.4 is 48.7 Å². The Balaban J connectivity index is 2.27. The van der Waals surface area contributed by atoms with Gasteiger partial charge in [-0.1, -0.05) is 105 Å². The molecule has 526 valence electrons. The second kappa shape index (κ2) is 41.1. The molecule has 2 fully saturated rings. The van der Waals surface area contributed by atoms with Gasteiger partial charge in [-0.15, -0.1) is 0 Å². The number of primary amides is 1. The van der Waals surface area contributed by atoms with Crippen molar-refractivity contribution >= 4 is 71.0 Å². The molecule has 0 saturated carbocycles. The minimum atomic E-state index is -2.17. The number of rotatable bonds is 43. The van der Waals surface area contributed by atoms with Crippen LogP contribution in [0, 0.1) is 5.92 Å². The quantitative estimate of drug-likeness (QED) is 0.0204. The van der Waals surface area contributed by atoms with Gasteiger partial charge in [-0.05, 0) is 59.3 Å². The van der Waals surface area contributed by atoms with Gasteiger partial charge in [0.25, 0.3) is 0 Å². The minimum Gasteiger partial charge on any atom is -0.480 e. The number of aliphatic carboxylic acids is 1. The molecule has 17 atom stereocenters. The van der Waals surface area contributed by atoms with Gasteiger partial charge in [0.15, 0.2) is 6.04 Å². The third-order valence-corrected chi connectivity index (χ3v) is 16.1. The monoisotopic (exact) mass is 1320 g/mol. The third-order valence-electron chi connectivity index (χ3n) is 16.1. The summed E-state index contributed by atoms with van der Waals surface area (Å²) in [6.45, 7) is 10.1. The molecule has 0 radical (unpaired) electrons. The first-order chi connectivity index (χ1) is 43.2. The van der Waals surface area contributed by atoms with Crippen LogP contribution in [0.5, 0.6) is 0 Å². The zero-order valence-corrected chi connectivity index (χ0v) is 54.4. The number of carboxylic acid groups (broad SMARTS) is 1. The molecule has 32 nitrogen and oxygen atoms in total. The number of aliphatic hydroxyl groups is 7. The first-order valence-electron chi connectivity index (χ1n) is 32.1. The number of amides is 10. The predicted molar refractivity (Wildman–Crippen MR) is 329 cm³/mol. The molecule has 2 rings (SSSR count). The van der Waals surface area contributed by atoms with Crippen molar-refractivity contribution in [1.29, 1.82) is 0 Å². The van der Waals surface area contributed by atoms with Crippen LogP contribution in [-0.2, 0) is 62.3 Å². The molecular weight excluding hydrogens is 1210 g/mol. The maximum absolute atomic E-state index is 14.2. The molecule has 0 spiro atoms. The van der Waals surface area contributed by atoms with Crippen LogP contribution >= 0.6 is 0 Å². The number of nitrogens with zero attached hydrogens (tertiary/aromatic N) is 2. The van der Waals surface area contributed by atoms with Crippen molar-refractivity contribution in [2.24, 2.45) is 17.4 Å². The van der Waals surface area contributed by atoms with Crippen molar-refractivity contribution < 1.29 is 103 Å². The number of nitrogens with one attached hydrogen (secondary N) is 7. The van der Waals surface area contributed by atoms with Gasteiger partial charge in [0, 0.05) is 19.5 Å². The molecule has 10 amide bonds. The molecule has 0 aromatic rings. The fourth-order valence-electron chi connectivity index (χ4n) is 10.6. The van der Waals surface area contributed by atoms with Crippen LogP contribution in [0.2, 0.25) is 0 Å². The van der Waals surface area contributed by atoms with E-state index in [0.29, 0.717) is 19.3 Å². The Bertz CT molecular complexity index is 2440. The first-order valence-corrected chi connectivity index (χ1v) is 32.1. The molecule has 2 saturated heterocycles. The summed E-state index contributed by atoms with van der Waals surface area (Å²) in [5, 5.41) is 100.0. The van der Waals surface area contributed by atoms with Gasteiger partial charge < -0.3 is 104 Å². The summed E-state index contributed by atoms with van der Waals surface area (Å²) >= 11 is 0. The van der Waals surface area contributed by atoms with Crippen LogP contribution in [0.15, 0.2) is 0 Å². The van der Waals surface area contributed by atoms with Crippen LogP contribution in [0.1, 0.15) is 177 Å². The molecule has 16 unspecified atom stereocenters. The van der Waals surface area contributed by atoms with E-state index in [1.165, 1.54) is 26.2 Å². The maximum Gasteiger partial charge on any atom is 0.328 e. The Hall–Kier alpha value is -6.68. The predicted octanol–water partition coefficient (Wildman–Crippen LogP) is -4.04. The van der Waals surface area contributed by atoms with Crippen LogP contribution in [0.4, 0.5) is 0 Å². The van der Waals surface area contributed by atoms with E-state index in [1.807, 2.05) is 0 Å². The second-order valence-corrected chi connectivity index (χ2v) is 24.6. The smallest absolute Gasteiger partial charge is 0.328 e. The Morgan fingerprint density at radius 2 is 1.07 bits per heavy atom. The van der Waals surface area contributed by atoms with Crippen molar-refractivity contribution in [3.05, 3.63) is 0 Å². The van der Waals surface area contributed by atoms with Gasteiger partial charge in [0.05, 0.1) is 68.2 Å². The number of likely N-dealkylation sites (tertiary alicyclic amines) is 2. The first kappa shape index (κ1) is 81.4. The summed E-state index contributed by atoms with van der Waals surface area (Å²) < 4.78 is 5.81. The lowest BCUT2D eigenvalue weighted by molar-refractivity contribution is -0.156. The summed E-state index contributed by atoms with van der Waals surface area (Å²) in [6.07, 6.45) is -2.51. The largest absolute Gasteiger partial charge is 0.480 e. The SMILES string of the molecule is CCCCCCCCCCCCC[C@H](CC(=O)NC(C(=O)O)C(C)O)OC(=O)C(CCCC)NC(=O)C(NC(=O)CNC(=O)C(NC(=O)C1C(O)CCN1C(=O)C(NC(=O)C(NC(=O)C1CC(O)CN1C(=O)C(N)C(C)C)C(C)O)C(C)O)C(O)CC(N)=O)C(C)O. The Kier molecular flexibility index (Phi) is 36.4. The molecule has 0 aromatic carbocycles. The number of unbranched alkanes of at least 4 members (excludes halogenated alkanes) is 11. The Morgan fingerprint density at radius 3 is 1.59 bits per heavy atom. The Labute approximate surface area is 537 Å². The van der Waals surface area contributed by atoms with Gasteiger partial charge in [-0.2, -0.15) is 0 Å². The van der Waals surface area contributed by atoms with Gasteiger partial charge in [-0.3, -0.25) is 47.9 Å². The van der Waals surface area contributed by atoms with Gasteiger partial charge in [0.1, 0.15) is 48.4 Å². The molecule has 0 bridgehead atoms. The van der Waals surface area contributed by atoms with Crippen molar-refractivity contribution in [1.82, 2.24) is 47.0 Å². The van der Waals surface area contributed by atoms with E-state index in [1.54, 1.807) is 20.8 Å². The van der Waals surface area contributed by atoms with E-state index in [2.05, 4.69) is 44.1 Å². The molecule has 32 heteroatoms. The minimum absolute atomic E-state index is 0.0140. The molecule has 2 heterocycles. The normalized spacial score (nSPS) is 20.7. The highest BCUT2D eigenvalue weighted by atomic mass is 16.5. The van der Waals surface area contributed by atoms with Crippen molar-refractivity contribution in [3.8, 4) is 0 Å². The number of aliphatic hydroxyl groups excluding tert-OH is 7. The van der Waals surface area contributed by atoms with Crippen LogP contribution in [-0.4, -0.2) is 245 Å². The number of hydrogen-bond donors (Lipinski definition) is 17. The maximum atomic E-state index is 14.2.